The lowest BCUT2D eigenvalue weighted by Gasteiger charge is -2.70. The summed E-state index contributed by atoms with van der Waals surface area (Å²) in [6.45, 7) is 4.40. The molecule has 3 fully saturated rings. The number of rotatable bonds is 2. The highest BCUT2D eigenvalue weighted by Gasteiger charge is 2.72. The Bertz CT molecular complexity index is 198. The summed E-state index contributed by atoms with van der Waals surface area (Å²) in [6, 6.07) is 0. The summed E-state index contributed by atoms with van der Waals surface area (Å²) in [5.74, 6) is 0.101. The van der Waals surface area contributed by atoms with E-state index < -0.39 is 5.97 Å². The van der Waals surface area contributed by atoms with Gasteiger partial charge in [0.1, 0.15) is 0 Å². The highest BCUT2D eigenvalue weighted by molar-refractivity contribution is 5.79. The Morgan fingerprint density at radius 2 is 1.82 bits per heavy atom. The molecule has 3 aliphatic rings. The van der Waals surface area contributed by atoms with E-state index in [9.17, 15) is 4.79 Å². The van der Waals surface area contributed by atoms with E-state index in [-0.39, 0.29) is 5.41 Å². The second kappa shape index (κ2) is 1.62. The van der Waals surface area contributed by atoms with Crippen LogP contribution in [-0.2, 0) is 4.79 Å². The minimum Gasteiger partial charge on any atom is -0.481 e. The van der Waals surface area contributed by atoms with Gasteiger partial charge in [-0.05, 0) is 30.6 Å². The van der Waals surface area contributed by atoms with E-state index in [1.807, 2.05) is 0 Å². The van der Waals surface area contributed by atoms with Crippen LogP contribution in [0.2, 0.25) is 0 Å². The first kappa shape index (κ1) is 7.14. The van der Waals surface area contributed by atoms with Gasteiger partial charge in [-0.15, -0.1) is 0 Å². The zero-order valence-corrected chi connectivity index (χ0v) is 7.05. The van der Waals surface area contributed by atoms with Crippen LogP contribution in [-0.4, -0.2) is 11.1 Å². The fourth-order valence-electron chi connectivity index (χ4n) is 2.71. The van der Waals surface area contributed by atoms with Gasteiger partial charge in [0.2, 0.25) is 0 Å². The number of hydrogen-bond acceptors (Lipinski definition) is 1. The lowest BCUT2D eigenvalue weighted by Crippen LogP contribution is -2.67. The smallest absolute Gasteiger partial charge is 0.309 e. The first-order valence-electron chi connectivity index (χ1n) is 4.24. The van der Waals surface area contributed by atoms with Crippen molar-refractivity contribution < 1.29 is 9.90 Å². The van der Waals surface area contributed by atoms with Crippen LogP contribution >= 0.6 is 0 Å². The lowest BCUT2D eigenvalue weighted by molar-refractivity contribution is -0.238. The van der Waals surface area contributed by atoms with Gasteiger partial charge in [0.25, 0.3) is 0 Å². The third-order valence-corrected chi connectivity index (χ3v) is 3.75. The molecule has 0 aromatic rings. The van der Waals surface area contributed by atoms with Gasteiger partial charge in [-0.2, -0.15) is 0 Å². The van der Waals surface area contributed by atoms with E-state index in [1.165, 1.54) is 0 Å². The van der Waals surface area contributed by atoms with Crippen LogP contribution < -0.4 is 0 Å². The Morgan fingerprint density at radius 1 is 1.36 bits per heavy atom. The molecule has 0 unspecified atom stereocenters. The highest BCUT2D eigenvalue weighted by Crippen LogP contribution is 2.76. The van der Waals surface area contributed by atoms with Gasteiger partial charge in [-0.1, -0.05) is 13.8 Å². The highest BCUT2D eigenvalue weighted by atomic mass is 16.4. The summed E-state index contributed by atoms with van der Waals surface area (Å²) in [6.07, 6.45) is 2.81. The van der Waals surface area contributed by atoms with Crippen molar-refractivity contribution >= 4 is 5.97 Å². The molecule has 2 heteroatoms. The van der Waals surface area contributed by atoms with Crippen molar-refractivity contribution in [2.24, 2.45) is 16.7 Å². The second-order valence-corrected chi connectivity index (χ2v) is 4.63. The van der Waals surface area contributed by atoms with E-state index in [4.69, 9.17) is 5.11 Å². The number of carboxylic acids is 1. The minimum atomic E-state index is -0.569. The van der Waals surface area contributed by atoms with Crippen LogP contribution in [0, 0.1) is 16.7 Å². The molecule has 0 amide bonds. The summed E-state index contributed by atoms with van der Waals surface area (Å²) in [7, 11) is 0. The summed E-state index contributed by atoms with van der Waals surface area (Å²) < 4.78 is 0. The fourth-order valence-corrected chi connectivity index (χ4v) is 2.71. The molecule has 62 valence electrons. The Hall–Kier alpha value is -0.530. The van der Waals surface area contributed by atoms with Gasteiger partial charge in [-0.3, -0.25) is 4.79 Å². The Labute approximate surface area is 66.6 Å². The zero-order chi connectivity index (χ0) is 8.28. The van der Waals surface area contributed by atoms with E-state index >= 15 is 0 Å². The molecular formula is C9H14O2. The molecule has 11 heavy (non-hydrogen) atoms. The largest absolute Gasteiger partial charge is 0.481 e. The van der Waals surface area contributed by atoms with Crippen molar-refractivity contribution in [3.8, 4) is 0 Å². The van der Waals surface area contributed by atoms with Crippen molar-refractivity contribution in [3.05, 3.63) is 0 Å². The standard InChI is InChI=1S/C9H14O2/c1-6(2)8-3-9(4-8,5-8)7(10)11/h6H,3-5H2,1-2H3,(H,10,11). The number of carboxylic acid groups (broad SMARTS) is 1. The third-order valence-electron chi connectivity index (χ3n) is 3.75. The maximum Gasteiger partial charge on any atom is 0.309 e. The Morgan fingerprint density at radius 3 is 2.09 bits per heavy atom. The zero-order valence-electron chi connectivity index (χ0n) is 7.05. The average molecular weight is 154 g/mol. The van der Waals surface area contributed by atoms with Gasteiger partial charge in [0.05, 0.1) is 5.41 Å². The van der Waals surface area contributed by atoms with Crippen LogP contribution in [0.5, 0.6) is 0 Å². The molecule has 0 heterocycles. The molecule has 0 radical (unpaired) electrons. The second-order valence-electron chi connectivity index (χ2n) is 4.63. The van der Waals surface area contributed by atoms with Crippen LogP contribution in [0.3, 0.4) is 0 Å². The molecule has 0 spiro atoms. The molecular weight excluding hydrogens is 140 g/mol. The molecule has 0 aromatic heterocycles. The number of aliphatic carboxylic acids is 1. The van der Waals surface area contributed by atoms with E-state index in [0.717, 1.165) is 19.3 Å². The predicted molar refractivity (Wildman–Crippen MR) is 41.2 cm³/mol. The maximum absolute atomic E-state index is 10.7. The third kappa shape index (κ3) is 0.608. The van der Waals surface area contributed by atoms with Crippen molar-refractivity contribution in [1.29, 1.82) is 0 Å². The number of hydrogen-bond donors (Lipinski definition) is 1. The maximum atomic E-state index is 10.7. The Balaban J connectivity index is 2.04. The van der Waals surface area contributed by atoms with Crippen molar-refractivity contribution in [3.63, 3.8) is 0 Å². The van der Waals surface area contributed by atoms with E-state index in [0.29, 0.717) is 11.3 Å². The average Bonchev–Trinajstić information content (AvgIpc) is 1.51. The first-order chi connectivity index (χ1) is 5.01. The molecule has 0 aliphatic heterocycles. The molecule has 3 aliphatic carbocycles. The van der Waals surface area contributed by atoms with Gasteiger partial charge >= 0.3 is 5.97 Å². The molecule has 2 nitrogen and oxygen atoms in total. The SMILES string of the molecule is CC(C)C12CC(C(=O)O)(C1)C2. The van der Waals surface area contributed by atoms with Crippen molar-refractivity contribution in [2.75, 3.05) is 0 Å². The molecule has 3 rings (SSSR count). The predicted octanol–water partition coefficient (Wildman–Crippen LogP) is 1.90. The summed E-state index contributed by atoms with van der Waals surface area (Å²) >= 11 is 0. The summed E-state index contributed by atoms with van der Waals surface area (Å²) in [5, 5.41) is 8.83. The normalized spacial score (nSPS) is 46.5. The lowest BCUT2D eigenvalue weighted by atomic mass is 9.32. The monoisotopic (exact) mass is 154 g/mol. The molecule has 2 bridgehead atoms. The van der Waals surface area contributed by atoms with Gasteiger partial charge in [0, 0.05) is 0 Å². The first-order valence-corrected chi connectivity index (χ1v) is 4.24. The molecule has 1 N–H and O–H groups in total. The minimum absolute atomic E-state index is 0.274. The fraction of sp³-hybridized carbons (Fsp3) is 0.889. The number of carbonyl (C=O) groups is 1. The van der Waals surface area contributed by atoms with Gasteiger partial charge < -0.3 is 5.11 Å². The topological polar surface area (TPSA) is 37.3 Å². The quantitative estimate of drug-likeness (QED) is 0.659. The molecule has 0 aromatic carbocycles. The van der Waals surface area contributed by atoms with Gasteiger partial charge in [-0.25, -0.2) is 0 Å². The van der Waals surface area contributed by atoms with Crippen LogP contribution in [0.1, 0.15) is 33.1 Å². The summed E-state index contributed by atoms with van der Waals surface area (Å²) in [5.41, 5.74) is 0.155. The van der Waals surface area contributed by atoms with Crippen LogP contribution in [0.15, 0.2) is 0 Å². The van der Waals surface area contributed by atoms with Crippen LogP contribution in [0.4, 0.5) is 0 Å². The molecule has 0 atom stereocenters. The molecule has 3 saturated carbocycles. The van der Waals surface area contributed by atoms with Crippen molar-refractivity contribution in [1.82, 2.24) is 0 Å². The summed E-state index contributed by atoms with van der Waals surface area (Å²) in [4.78, 5) is 10.7. The van der Waals surface area contributed by atoms with E-state index in [1.54, 1.807) is 0 Å². The van der Waals surface area contributed by atoms with Crippen LogP contribution in [0.25, 0.3) is 0 Å². The van der Waals surface area contributed by atoms with Crippen molar-refractivity contribution in [2.45, 2.75) is 33.1 Å². The Kier molecular flexibility index (Phi) is 1.05. The van der Waals surface area contributed by atoms with E-state index in [2.05, 4.69) is 13.8 Å². The van der Waals surface area contributed by atoms with Gasteiger partial charge in [0.15, 0.2) is 0 Å². The molecule has 0 saturated heterocycles.